The minimum Gasteiger partial charge on any atom is -0.379 e. The molecule has 0 atom stereocenters. The zero-order chi connectivity index (χ0) is 11.2. The van der Waals surface area contributed by atoms with E-state index in [2.05, 4.69) is 22.3 Å². The Morgan fingerprint density at radius 3 is 3.00 bits per heavy atom. The molecule has 0 aromatic carbocycles. The minimum atomic E-state index is 0.781. The molecule has 1 N–H and O–H groups in total. The number of nitrogens with one attached hydrogen (secondary N) is 1. The van der Waals surface area contributed by atoms with Crippen LogP contribution in [0.1, 0.15) is 18.4 Å². The highest BCUT2D eigenvalue weighted by Crippen LogP contribution is 2.08. The lowest BCUT2D eigenvalue weighted by Gasteiger charge is -2.25. The number of hydrogen-bond acceptors (Lipinski definition) is 5. The van der Waals surface area contributed by atoms with Crippen molar-refractivity contribution in [3.63, 3.8) is 0 Å². The summed E-state index contributed by atoms with van der Waals surface area (Å²) in [6.07, 6.45) is 0. The standard InChI is InChI=1S/C11H19N3O2/c1-2-12-8-10-7-11(16-13-10)9-14-3-5-15-6-4-14/h7,12H,2-6,8-9H2,1H3. The Hall–Kier alpha value is -0.910. The van der Waals surface area contributed by atoms with Crippen molar-refractivity contribution in [2.75, 3.05) is 32.8 Å². The molecule has 0 bridgehead atoms. The molecule has 0 radical (unpaired) electrons. The lowest BCUT2D eigenvalue weighted by Crippen LogP contribution is -2.35. The molecule has 0 unspecified atom stereocenters. The van der Waals surface area contributed by atoms with Gasteiger partial charge >= 0.3 is 0 Å². The van der Waals surface area contributed by atoms with E-state index in [1.807, 2.05) is 6.07 Å². The third-order valence-corrected chi connectivity index (χ3v) is 2.65. The number of rotatable bonds is 5. The second kappa shape index (κ2) is 5.98. The van der Waals surface area contributed by atoms with Crippen molar-refractivity contribution >= 4 is 0 Å². The van der Waals surface area contributed by atoms with Gasteiger partial charge in [0.25, 0.3) is 0 Å². The van der Waals surface area contributed by atoms with Crippen molar-refractivity contribution in [3.8, 4) is 0 Å². The van der Waals surface area contributed by atoms with E-state index in [9.17, 15) is 0 Å². The Balaban J connectivity index is 1.81. The SMILES string of the molecule is CCNCc1cc(CN2CCOCC2)on1. The Kier molecular flexibility index (Phi) is 4.33. The van der Waals surface area contributed by atoms with Crippen LogP contribution >= 0.6 is 0 Å². The average Bonchev–Trinajstić information content (AvgIpc) is 2.75. The van der Waals surface area contributed by atoms with Gasteiger partial charge in [-0.1, -0.05) is 12.1 Å². The third-order valence-electron chi connectivity index (χ3n) is 2.65. The molecule has 0 saturated carbocycles. The van der Waals surface area contributed by atoms with Gasteiger partial charge in [0, 0.05) is 25.7 Å². The first kappa shape index (κ1) is 11.6. The van der Waals surface area contributed by atoms with Crippen molar-refractivity contribution in [3.05, 3.63) is 17.5 Å². The predicted octanol–water partition coefficient (Wildman–Crippen LogP) is 0.616. The normalized spacial score (nSPS) is 17.8. The smallest absolute Gasteiger partial charge is 0.151 e. The third kappa shape index (κ3) is 3.30. The monoisotopic (exact) mass is 225 g/mol. The molecule has 1 aromatic rings. The van der Waals surface area contributed by atoms with E-state index in [0.717, 1.165) is 57.4 Å². The van der Waals surface area contributed by atoms with E-state index in [1.165, 1.54) is 0 Å². The number of morpholine rings is 1. The maximum Gasteiger partial charge on any atom is 0.151 e. The first-order valence-corrected chi connectivity index (χ1v) is 5.84. The Morgan fingerprint density at radius 2 is 2.25 bits per heavy atom. The number of hydrogen-bond donors (Lipinski definition) is 1. The van der Waals surface area contributed by atoms with Gasteiger partial charge in [-0.25, -0.2) is 0 Å². The zero-order valence-electron chi connectivity index (χ0n) is 9.74. The Bertz CT molecular complexity index is 308. The summed E-state index contributed by atoms with van der Waals surface area (Å²) in [6, 6.07) is 2.03. The van der Waals surface area contributed by atoms with Gasteiger partial charge in [-0.2, -0.15) is 0 Å². The van der Waals surface area contributed by atoms with Gasteiger partial charge < -0.3 is 14.6 Å². The van der Waals surface area contributed by atoms with Gasteiger partial charge in [-0.05, 0) is 6.54 Å². The molecule has 1 fully saturated rings. The molecule has 1 aliphatic heterocycles. The van der Waals surface area contributed by atoms with Gasteiger partial charge in [0.2, 0.25) is 0 Å². The molecule has 0 amide bonds. The summed E-state index contributed by atoms with van der Waals surface area (Å²) < 4.78 is 10.6. The number of nitrogens with zero attached hydrogens (tertiary/aromatic N) is 2. The van der Waals surface area contributed by atoms with Crippen LogP contribution in [0, 0.1) is 0 Å². The maximum absolute atomic E-state index is 5.30. The Morgan fingerprint density at radius 1 is 1.44 bits per heavy atom. The summed E-state index contributed by atoms with van der Waals surface area (Å²) in [7, 11) is 0. The lowest BCUT2D eigenvalue weighted by atomic mass is 10.3. The van der Waals surface area contributed by atoms with Gasteiger partial charge in [0.1, 0.15) is 0 Å². The van der Waals surface area contributed by atoms with Crippen molar-refractivity contribution in [2.45, 2.75) is 20.0 Å². The van der Waals surface area contributed by atoms with Crippen LogP contribution in [-0.4, -0.2) is 42.9 Å². The highest BCUT2D eigenvalue weighted by atomic mass is 16.5. The van der Waals surface area contributed by atoms with E-state index in [1.54, 1.807) is 0 Å². The highest BCUT2D eigenvalue weighted by molar-refractivity contribution is 5.05. The maximum atomic E-state index is 5.30. The molecule has 1 saturated heterocycles. The molecule has 2 heterocycles. The fourth-order valence-electron chi connectivity index (χ4n) is 1.75. The molecule has 0 spiro atoms. The molecule has 5 heteroatoms. The summed E-state index contributed by atoms with van der Waals surface area (Å²) in [4.78, 5) is 2.32. The second-order valence-electron chi connectivity index (χ2n) is 3.95. The van der Waals surface area contributed by atoms with Gasteiger partial charge in [-0.15, -0.1) is 0 Å². The summed E-state index contributed by atoms with van der Waals surface area (Å²) in [6.45, 7) is 8.23. The largest absolute Gasteiger partial charge is 0.379 e. The van der Waals surface area contributed by atoms with E-state index < -0.39 is 0 Å². The van der Waals surface area contributed by atoms with Crippen molar-refractivity contribution in [1.82, 2.24) is 15.4 Å². The number of ether oxygens (including phenoxy) is 1. The van der Waals surface area contributed by atoms with Crippen molar-refractivity contribution in [1.29, 1.82) is 0 Å². The van der Waals surface area contributed by atoms with Crippen LogP contribution in [0.5, 0.6) is 0 Å². The summed E-state index contributed by atoms with van der Waals surface area (Å²) in [5.74, 6) is 0.940. The van der Waals surface area contributed by atoms with Crippen LogP contribution in [0.3, 0.4) is 0 Å². The van der Waals surface area contributed by atoms with E-state index >= 15 is 0 Å². The molecule has 2 rings (SSSR count). The molecular formula is C11H19N3O2. The molecule has 16 heavy (non-hydrogen) atoms. The summed E-state index contributed by atoms with van der Waals surface area (Å²) in [5, 5.41) is 7.25. The second-order valence-corrected chi connectivity index (χ2v) is 3.95. The van der Waals surface area contributed by atoms with Crippen LogP contribution in [0.15, 0.2) is 10.6 Å². The van der Waals surface area contributed by atoms with Crippen LogP contribution < -0.4 is 5.32 Å². The number of aromatic nitrogens is 1. The molecule has 0 aliphatic carbocycles. The van der Waals surface area contributed by atoms with Crippen molar-refractivity contribution in [2.24, 2.45) is 0 Å². The summed E-state index contributed by atoms with van der Waals surface area (Å²) >= 11 is 0. The first-order chi connectivity index (χ1) is 7.88. The van der Waals surface area contributed by atoms with E-state index in [4.69, 9.17) is 9.26 Å². The topological polar surface area (TPSA) is 50.5 Å². The fourth-order valence-corrected chi connectivity index (χ4v) is 1.75. The van der Waals surface area contributed by atoms with E-state index in [-0.39, 0.29) is 0 Å². The van der Waals surface area contributed by atoms with Gasteiger partial charge in [0.05, 0.1) is 25.5 Å². The molecule has 1 aromatic heterocycles. The van der Waals surface area contributed by atoms with Crippen LogP contribution in [0.25, 0.3) is 0 Å². The minimum absolute atomic E-state index is 0.781. The molecule has 5 nitrogen and oxygen atoms in total. The van der Waals surface area contributed by atoms with Gasteiger partial charge in [-0.3, -0.25) is 4.90 Å². The fraction of sp³-hybridized carbons (Fsp3) is 0.727. The zero-order valence-corrected chi connectivity index (χ0v) is 9.74. The lowest BCUT2D eigenvalue weighted by molar-refractivity contribution is 0.0305. The van der Waals surface area contributed by atoms with Crippen LogP contribution in [-0.2, 0) is 17.8 Å². The van der Waals surface area contributed by atoms with Crippen molar-refractivity contribution < 1.29 is 9.26 Å². The quantitative estimate of drug-likeness (QED) is 0.796. The van der Waals surface area contributed by atoms with Crippen LogP contribution in [0.4, 0.5) is 0 Å². The summed E-state index contributed by atoms with van der Waals surface area (Å²) in [5.41, 5.74) is 0.977. The first-order valence-electron chi connectivity index (χ1n) is 5.84. The Labute approximate surface area is 95.7 Å². The molecular weight excluding hydrogens is 206 g/mol. The predicted molar refractivity (Wildman–Crippen MR) is 60.0 cm³/mol. The average molecular weight is 225 g/mol. The highest BCUT2D eigenvalue weighted by Gasteiger charge is 2.13. The van der Waals surface area contributed by atoms with Crippen LogP contribution in [0.2, 0.25) is 0 Å². The molecule has 90 valence electrons. The molecule has 1 aliphatic rings. The van der Waals surface area contributed by atoms with E-state index in [0.29, 0.717) is 0 Å². The van der Waals surface area contributed by atoms with Gasteiger partial charge in [0.15, 0.2) is 5.76 Å².